The first kappa shape index (κ1) is 16.1. The molecule has 0 N–H and O–H groups in total. The molecule has 0 aromatic heterocycles. The van der Waals surface area contributed by atoms with Crippen molar-refractivity contribution in [3.05, 3.63) is 28.0 Å². The van der Waals surface area contributed by atoms with Gasteiger partial charge in [-0.3, -0.25) is 4.79 Å². The first-order valence-electron chi connectivity index (χ1n) is 5.68. The van der Waals surface area contributed by atoms with E-state index in [-0.39, 0.29) is 23.5 Å². The van der Waals surface area contributed by atoms with Crippen molar-refractivity contribution in [3.8, 4) is 0 Å². The summed E-state index contributed by atoms with van der Waals surface area (Å²) in [6, 6.07) is 2.50. The van der Waals surface area contributed by atoms with Gasteiger partial charge in [-0.2, -0.15) is 0 Å². The largest absolute Gasteiger partial charge is 0.465 e. The third-order valence-corrected chi connectivity index (χ3v) is 4.53. The van der Waals surface area contributed by atoms with Gasteiger partial charge in [0, 0.05) is 10.0 Å². The van der Waals surface area contributed by atoms with Crippen LogP contribution in [0.2, 0.25) is 0 Å². The van der Waals surface area contributed by atoms with Gasteiger partial charge in [-0.25, -0.2) is 12.8 Å². The number of carbonyl (C=O) groups excluding carboxylic acids is 1. The second-order valence-electron chi connectivity index (χ2n) is 3.78. The van der Waals surface area contributed by atoms with Crippen molar-refractivity contribution < 1.29 is 22.3 Å². The Balaban J connectivity index is 3.24. The Labute approximate surface area is 120 Å². The van der Waals surface area contributed by atoms with Crippen LogP contribution in [-0.4, -0.2) is 26.7 Å². The smallest absolute Gasteiger partial charge is 0.321 e. The van der Waals surface area contributed by atoms with E-state index in [2.05, 4.69) is 20.7 Å². The average Bonchev–Trinajstić information content (AvgIpc) is 2.27. The van der Waals surface area contributed by atoms with E-state index >= 15 is 0 Å². The molecule has 0 fully saturated rings. The van der Waals surface area contributed by atoms with Gasteiger partial charge in [0.2, 0.25) is 0 Å². The van der Waals surface area contributed by atoms with Crippen LogP contribution in [0.4, 0.5) is 4.39 Å². The van der Waals surface area contributed by atoms with Crippen molar-refractivity contribution in [2.75, 3.05) is 12.4 Å². The van der Waals surface area contributed by atoms with Crippen molar-refractivity contribution in [2.45, 2.75) is 25.2 Å². The van der Waals surface area contributed by atoms with Crippen LogP contribution in [0.3, 0.4) is 0 Å². The first-order chi connectivity index (χ1) is 8.81. The second-order valence-corrected chi connectivity index (χ2v) is 6.66. The third kappa shape index (κ3) is 4.01. The van der Waals surface area contributed by atoms with Crippen molar-refractivity contribution in [2.24, 2.45) is 0 Å². The molecule has 7 heteroatoms. The van der Waals surface area contributed by atoms with Crippen LogP contribution in [0.5, 0.6) is 0 Å². The predicted molar refractivity (Wildman–Crippen MR) is 72.2 cm³/mol. The van der Waals surface area contributed by atoms with E-state index in [1.807, 2.05) is 0 Å². The molecule has 0 unspecified atom stereocenters. The number of sulfone groups is 1. The molecule has 4 nitrogen and oxygen atoms in total. The predicted octanol–water partition coefficient (Wildman–Crippen LogP) is 2.49. The zero-order chi connectivity index (χ0) is 14.6. The number of ether oxygens (including phenoxy) is 1. The van der Waals surface area contributed by atoms with Gasteiger partial charge in [-0.1, -0.05) is 22.9 Å². The molecule has 19 heavy (non-hydrogen) atoms. The van der Waals surface area contributed by atoms with E-state index in [4.69, 9.17) is 0 Å². The van der Waals surface area contributed by atoms with Gasteiger partial charge in [0.1, 0.15) is 5.82 Å². The highest BCUT2D eigenvalue weighted by atomic mass is 79.9. The van der Waals surface area contributed by atoms with E-state index in [1.54, 1.807) is 13.8 Å². The summed E-state index contributed by atoms with van der Waals surface area (Å²) < 4.78 is 42.9. The molecule has 1 aromatic carbocycles. The topological polar surface area (TPSA) is 60.4 Å². The van der Waals surface area contributed by atoms with Crippen molar-refractivity contribution in [1.29, 1.82) is 0 Å². The minimum Gasteiger partial charge on any atom is -0.465 e. The van der Waals surface area contributed by atoms with E-state index in [0.29, 0.717) is 4.47 Å². The summed E-state index contributed by atoms with van der Waals surface area (Å²) >= 11 is 3.05. The summed E-state index contributed by atoms with van der Waals surface area (Å²) in [7, 11) is -3.91. The van der Waals surface area contributed by atoms with E-state index in [0.717, 1.165) is 0 Å². The molecular weight excluding hydrogens is 339 g/mol. The first-order valence-corrected chi connectivity index (χ1v) is 8.12. The minimum atomic E-state index is -3.91. The van der Waals surface area contributed by atoms with E-state index in [9.17, 15) is 17.6 Å². The van der Waals surface area contributed by atoms with Gasteiger partial charge in [-0.05, 0) is 25.5 Å². The van der Waals surface area contributed by atoms with Crippen molar-refractivity contribution >= 4 is 31.7 Å². The van der Waals surface area contributed by atoms with Crippen LogP contribution >= 0.6 is 15.9 Å². The summed E-state index contributed by atoms with van der Waals surface area (Å²) in [4.78, 5) is 11.1. The molecule has 106 valence electrons. The van der Waals surface area contributed by atoms with E-state index in [1.165, 1.54) is 12.1 Å². The molecule has 0 spiro atoms. The molecule has 0 radical (unpaired) electrons. The Kier molecular flexibility index (Phi) is 5.49. The maximum absolute atomic E-state index is 13.7. The molecule has 0 aliphatic rings. The maximum atomic E-state index is 13.7. The Bertz CT molecular complexity index is 584. The normalized spacial score (nSPS) is 11.4. The van der Waals surface area contributed by atoms with Crippen LogP contribution in [0, 0.1) is 5.82 Å². The third-order valence-electron chi connectivity index (χ3n) is 2.42. The number of hydrogen-bond donors (Lipinski definition) is 0. The molecule has 0 atom stereocenters. The fourth-order valence-electron chi connectivity index (χ4n) is 1.64. The standard InChI is InChI=1S/C12H14BrFO4S/c1-3-9-10(14)5-8(13)6-11(9)19(16,17)7-12(15)18-4-2/h5-6H,3-4,7H2,1-2H3. The zero-order valence-electron chi connectivity index (χ0n) is 10.6. The summed E-state index contributed by atoms with van der Waals surface area (Å²) in [5.74, 6) is -2.24. The maximum Gasteiger partial charge on any atom is 0.321 e. The Morgan fingerprint density at radius 3 is 2.53 bits per heavy atom. The number of carbonyl (C=O) groups is 1. The monoisotopic (exact) mass is 352 g/mol. The highest BCUT2D eigenvalue weighted by molar-refractivity contribution is 9.10. The molecule has 0 bridgehead atoms. The van der Waals surface area contributed by atoms with Gasteiger partial charge in [-0.15, -0.1) is 0 Å². The zero-order valence-corrected chi connectivity index (χ0v) is 13.0. The molecule has 0 saturated heterocycles. The second kappa shape index (κ2) is 6.47. The average molecular weight is 353 g/mol. The van der Waals surface area contributed by atoms with Crippen LogP contribution in [-0.2, 0) is 25.8 Å². The van der Waals surface area contributed by atoms with E-state index < -0.39 is 27.4 Å². The molecular formula is C12H14BrFO4S. The Morgan fingerprint density at radius 2 is 2.00 bits per heavy atom. The number of hydrogen-bond acceptors (Lipinski definition) is 4. The molecule has 1 aromatic rings. The number of halogens is 2. The highest BCUT2D eigenvalue weighted by Gasteiger charge is 2.25. The fourth-order valence-corrected chi connectivity index (χ4v) is 3.69. The lowest BCUT2D eigenvalue weighted by Crippen LogP contribution is -2.20. The molecule has 0 heterocycles. The van der Waals surface area contributed by atoms with Gasteiger partial charge in [0.25, 0.3) is 0 Å². The Hall–Kier alpha value is -0.950. The lowest BCUT2D eigenvalue weighted by molar-refractivity contribution is -0.139. The SMILES string of the molecule is CCOC(=O)CS(=O)(=O)c1cc(Br)cc(F)c1CC. The van der Waals surface area contributed by atoms with Crippen LogP contribution in [0.1, 0.15) is 19.4 Å². The van der Waals surface area contributed by atoms with Gasteiger partial charge >= 0.3 is 5.97 Å². The van der Waals surface area contributed by atoms with Crippen LogP contribution in [0.25, 0.3) is 0 Å². The molecule has 0 saturated carbocycles. The number of esters is 1. The summed E-state index contributed by atoms with van der Waals surface area (Å²) in [5.41, 5.74) is 0.0764. The summed E-state index contributed by atoms with van der Waals surface area (Å²) in [6.07, 6.45) is 0.219. The lowest BCUT2D eigenvalue weighted by atomic mass is 10.1. The lowest BCUT2D eigenvalue weighted by Gasteiger charge is -2.10. The number of rotatable bonds is 5. The number of benzene rings is 1. The van der Waals surface area contributed by atoms with Crippen molar-refractivity contribution in [3.63, 3.8) is 0 Å². The highest BCUT2D eigenvalue weighted by Crippen LogP contribution is 2.26. The molecule has 0 amide bonds. The van der Waals surface area contributed by atoms with Gasteiger partial charge in [0.15, 0.2) is 15.6 Å². The van der Waals surface area contributed by atoms with Crippen LogP contribution < -0.4 is 0 Å². The Morgan fingerprint density at radius 1 is 1.37 bits per heavy atom. The molecule has 1 rings (SSSR count). The van der Waals surface area contributed by atoms with Gasteiger partial charge in [0.05, 0.1) is 11.5 Å². The molecule has 0 aliphatic carbocycles. The van der Waals surface area contributed by atoms with Crippen LogP contribution in [0.15, 0.2) is 21.5 Å². The fraction of sp³-hybridized carbons (Fsp3) is 0.417. The summed E-state index contributed by atoms with van der Waals surface area (Å²) in [6.45, 7) is 3.33. The van der Waals surface area contributed by atoms with Crippen molar-refractivity contribution in [1.82, 2.24) is 0 Å². The molecule has 0 aliphatic heterocycles. The summed E-state index contributed by atoms with van der Waals surface area (Å²) in [5, 5.41) is 0. The van der Waals surface area contributed by atoms with Gasteiger partial charge < -0.3 is 4.74 Å². The quantitative estimate of drug-likeness (QED) is 0.763. The minimum absolute atomic E-state index is 0.0764.